The molecule has 0 aliphatic carbocycles. The van der Waals surface area contributed by atoms with E-state index in [-0.39, 0.29) is 17.7 Å². The Hall–Kier alpha value is -3.86. The van der Waals surface area contributed by atoms with E-state index in [0.29, 0.717) is 12.2 Å². The number of hydrogen-bond acceptors (Lipinski definition) is 3. The Morgan fingerprint density at radius 1 is 0.967 bits per heavy atom. The Bertz CT molecular complexity index is 1200. The Morgan fingerprint density at radius 2 is 1.67 bits per heavy atom. The van der Waals surface area contributed by atoms with Gasteiger partial charge in [-0.3, -0.25) is 9.89 Å². The molecule has 1 aliphatic rings. The van der Waals surface area contributed by atoms with Crippen LogP contribution in [0.3, 0.4) is 0 Å². The Labute approximate surface area is 174 Å². The van der Waals surface area contributed by atoms with Crippen molar-refractivity contribution in [1.29, 1.82) is 0 Å². The first-order valence-electron chi connectivity index (χ1n) is 9.91. The van der Waals surface area contributed by atoms with Gasteiger partial charge in [-0.2, -0.15) is 5.10 Å². The van der Waals surface area contributed by atoms with Crippen LogP contribution in [0.25, 0.3) is 11.3 Å². The molecule has 1 amide bonds. The number of aromatic hydroxyl groups is 1. The maximum atomic E-state index is 13.4. The van der Waals surface area contributed by atoms with Gasteiger partial charge in [-0.1, -0.05) is 72.3 Å². The van der Waals surface area contributed by atoms with Crippen LogP contribution in [0.15, 0.2) is 78.9 Å². The highest BCUT2D eigenvalue weighted by molar-refractivity contribution is 6.00. The average Bonchev–Trinajstić information content (AvgIpc) is 3.30. The van der Waals surface area contributed by atoms with E-state index in [1.165, 1.54) is 5.56 Å². The molecule has 5 nitrogen and oxygen atoms in total. The first-order valence-corrected chi connectivity index (χ1v) is 9.91. The summed E-state index contributed by atoms with van der Waals surface area (Å²) in [6.07, 6.45) is 0. The lowest BCUT2D eigenvalue weighted by atomic mass is 9.95. The minimum Gasteiger partial charge on any atom is -0.508 e. The van der Waals surface area contributed by atoms with Gasteiger partial charge in [0.15, 0.2) is 0 Å². The normalized spacial score (nSPS) is 15.4. The molecule has 5 rings (SSSR count). The van der Waals surface area contributed by atoms with Crippen molar-refractivity contribution in [1.82, 2.24) is 15.1 Å². The number of fused-ring (bicyclic) bond motifs is 1. The third-order valence-electron chi connectivity index (χ3n) is 5.59. The number of carbonyl (C=O) groups is 1. The second-order valence-corrected chi connectivity index (χ2v) is 7.64. The summed E-state index contributed by atoms with van der Waals surface area (Å²) in [7, 11) is 0. The van der Waals surface area contributed by atoms with Crippen molar-refractivity contribution in [3.63, 3.8) is 0 Å². The number of aromatic amines is 1. The number of carbonyl (C=O) groups excluding carboxylic acids is 1. The summed E-state index contributed by atoms with van der Waals surface area (Å²) in [5, 5.41) is 17.3. The molecule has 0 saturated carbocycles. The summed E-state index contributed by atoms with van der Waals surface area (Å²) >= 11 is 0. The van der Waals surface area contributed by atoms with Crippen molar-refractivity contribution in [2.75, 3.05) is 0 Å². The molecule has 3 aromatic carbocycles. The number of phenolic OH excluding ortho intramolecular Hbond substituents is 1. The zero-order valence-corrected chi connectivity index (χ0v) is 16.5. The lowest BCUT2D eigenvalue weighted by Crippen LogP contribution is -2.29. The number of amides is 1. The molecule has 148 valence electrons. The molecular weight excluding hydrogens is 374 g/mol. The smallest absolute Gasteiger partial charge is 0.273 e. The summed E-state index contributed by atoms with van der Waals surface area (Å²) in [6, 6.07) is 24.9. The zero-order valence-electron chi connectivity index (χ0n) is 16.5. The fraction of sp³-hybridized carbons (Fsp3) is 0.120. The minimum atomic E-state index is -0.289. The van der Waals surface area contributed by atoms with Crippen LogP contribution in [-0.2, 0) is 6.54 Å². The molecule has 4 aromatic rings. The summed E-state index contributed by atoms with van der Waals surface area (Å²) in [6.45, 7) is 2.53. The summed E-state index contributed by atoms with van der Waals surface area (Å²) < 4.78 is 0. The van der Waals surface area contributed by atoms with Crippen molar-refractivity contribution in [2.24, 2.45) is 0 Å². The van der Waals surface area contributed by atoms with Crippen LogP contribution in [0.1, 0.15) is 38.8 Å². The van der Waals surface area contributed by atoms with Gasteiger partial charge < -0.3 is 10.0 Å². The molecular formula is C25H21N3O2. The first-order chi connectivity index (χ1) is 14.6. The first kappa shape index (κ1) is 18.2. The van der Waals surface area contributed by atoms with Crippen molar-refractivity contribution in [3.8, 4) is 17.0 Å². The van der Waals surface area contributed by atoms with E-state index < -0.39 is 0 Å². The lowest BCUT2D eigenvalue weighted by Gasteiger charge is -2.26. The van der Waals surface area contributed by atoms with Gasteiger partial charge >= 0.3 is 0 Å². The van der Waals surface area contributed by atoms with Crippen LogP contribution in [0.4, 0.5) is 0 Å². The number of benzene rings is 3. The number of rotatable bonds is 4. The Balaban J connectivity index is 1.64. The van der Waals surface area contributed by atoms with E-state index in [4.69, 9.17) is 0 Å². The van der Waals surface area contributed by atoms with E-state index in [0.717, 1.165) is 27.9 Å². The highest BCUT2D eigenvalue weighted by Crippen LogP contribution is 2.43. The molecule has 30 heavy (non-hydrogen) atoms. The minimum absolute atomic E-state index is 0.0715. The van der Waals surface area contributed by atoms with Gasteiger partial charge in [-0.15, -0.1) is 0 Å². The van der Waals surface area contributed by atoms with Crippen LogP contribution in [0.5, 0.6) is 5.75 Å². The summed E-state index contributed by atoms with van der Waals surface area (Å²) in [5.41, 5.74) is 6.33. The number of nitrogens with zero attached hydrogens (tertiary/aromatic N) is 2. The predicted octanol–water partition coefficient (Wildman–Crippen LogP) is 4.84. The van der Waals surface area contributed by atoms with Crippen LogP contribution in [0.2, 0.25) is 0 Å². The number of H-pyrrole nitrogens is 1. The highest BCUT2D eigenvalue weighted by Gasteiger charge is 2.42. The lowest BCUT2D eigenvalue weighted by molar-refractivity contribution is 0.0730. The third kappa shape index (κ3) is 3.05. The fourth-order valence-electron chi connectivity index (χ4n) is 4.07. The Kier molecular flexibility index (Phi) is 4.36. The topological polar surface area (TPSA) is 69.2 Å². The molecule has 0 bridgehead atoms. The van der Waals surface area contributed by atoms with Crippen LogP contribution >= 0.6 is 0 Å². The molecule has 1 atom stereocenters. The van der Waals surface area contributed by atoms with E-state index in [9.17, 15) is 9.90 Å². The number of aryl methyl sites for hydroxylation is 1. The van der Waals surface area contributed by atoms with Gasteiger partial charge in [0.1, 0.15) is 11.4 Å². The molecule has 2 N–H and O–H groups in total. The van der Waals surface area contributed by atoms with Gasteiger partial charge in [-0.25, -0.2) is 0 Å². The van der Waals surface area contributed by atoms with Crippen molar-refractivity contribution >= 4 is 5.91 Å². The molecule has 1 aliphatic heterocycles. The van der Waals surface area contributed by atoms with Gasteiger partial charge in [0.2, 0.25) is 0 Å². The zero-order chi connectivity index (χ0) is 20.7. The van der Waals surface area contributed by atoms with Crippen molar-refractivity contribution < 1.29 is 9.90 Å². The van der Waals surface area contributed by atoms with E-state index in [1.54, 1.807) is 12.1 Å². The van der Waals surface area contributed by atoms with Crippen LogP contribution in [0, 0.1) is 6.92 Å². The molecule has 0 spiro atoms. The Morgan fingerprint density at radius 3 is 2.37 bits per heavy atom. The quantitative estimate of drug-likeness (QED) is 0.520. The van der Waals surface area contributed by atoms with Gasteiger partial charge in [0.25, 0.3) is 5.91 Å². The van der Waals surface area contributed by atoms with E-state index in [2.05, 4.69) is 10.2 Å². The highest BCUT2D eigenvalue weighted by atomic mass is 16.3. The third-order valence-corrected chi connectivity index (χ3v) is 5.59. The SMILES string of the molecule is Cc1ccc(-c2n[nH]c3c2C(c2ccc(O)cc2)N(Cc2ccccc2)C3=O)cc1. The van der Waals surface area contributed by atoms with Crippen molar-refractivity contribution in [2.45, 2.75) is 19.5 Å². The number of aromatic nitrogens is 2. The maximum absolute atomic E-state index is 13.4. The molecule has 1 aromatic heterocycles. The molecule has 5 heteroatoms. The summed E-state index contributed by atoms with van der Waals surface area (Å²) in [5.74, 6) is 0.127. The predicted molar refractivity (Wildman–Crippen MR) is 115 cm³/mol. The number of nitrogens with one attached hydrogen (secondary N) is 1. The molecule has 0 radical (unpaired) electrons. The standard InChI is InChI=1S/C25H21N3O2/c1-16-7-9-18(10-8-16)22-21-23(27-26-22)25(30)28(15-17-5-3-2-4-6-17)24(21)19-11-13-20(29)14-12-19/h2-14,24,29H,15H2,1H3,(H,26,27). The maximum Gasteiger partial charge on any atom is 0.273 e. The van der Waals surface area contributed by atoms with Gasteiger partial charge in [-0.05, 0) is 30.2 Å². The summed E-state index contributed by atoms with van der Waals surface area (Å²) in [4.78, 5) is 15.2. The average molecular weight is 395 g/mol. The fourth-order valence-corrected chi connectivity index (χ4v) is 4.07. The van der Waals surface area contributed by atoms with Crippen LogP contribution < -0.4 is 0 Å². The van der Waals surface area contributed by atoms with Gasteiger partial charge in [0.05, 0.1) is 11.7 Å². The van der Waals surface area contributed by atoms with Crippen molar-refractivity contribution in [3.05, 3.63) is 107 Å². The molecule has 1 unspecified atom stereocenters. The number of hydrogen-bond donors (Lipinski definition) is 2. The van der Waals surface area contributed by atoms with Crippen LogP contribution in [-0.4, -0.2) is 26.1 Å². The van der Waals surface area contributed by atoms with Gasteiger partial charge in [0, 0.05) is 17.7 Å². The number of phenols is 1. The second-order valence-electron chi connectivity index (χ2n) is 7.64. The molecule has 2 heterocycles. The molecule has 0 saturated heterocycles. The largest absolute Gasteiger partial charge is 0.508 e. The van der Waals surface area contributed by atoms with E-state index >= 15 is 0 Å². The van der Waals surface area contributed by atoms with E-state index in [1.807, 2.05) is 78.6 Å². The second kappa shape index (κ2) is 7.19. The monoisotopic (exact) mass is 395 g/mol. The molecule has 0 fully saturated rings.